The number of phosphoric acid groups is 2. The standard InChI is InChI=1S/C77H130O17P2/c1-5-9-13-17-21-25-29-32-35-38-42-45-49-53-57-61-74(79)87-67-72(93-76(81)63-59-55-51-47-41-28-24-20-16-12-8-4)69-91-95(83,84)89-65-71(78)66-90-96(85,86)92-70-73(94-77(82)64-60-56-52-48-44-40-37-34-31-27-23-19-15-11-7-3)68-88-75(80)62-58-54-50-46-43-39-36-33-30-26-22-18-14-10-6-2/h9-10,13-14,20-22,24-26,32-33,35-36,42-43,45-46,53,57,71-73,78H,5-8,11-12,15-19,23,27-31,34,37-41,44,47-52,54-56,58-70H2,1-4H3,(H,83,84)(H,85,86)/b13-9-,14-10-,24-20-,25-21-,26-22-,35-32-,36-33-,45-42-,46-43-,57-53-. The van der Waals surface area contributed by atoms with Crippen LogP contribution in [0.1, 0.15) is 285 Å². The number of allylic oxidation sites excluding steroid dienone is 19. The molecule has 0 spiro atoms. The fourth-order valence-electron chi connectivity index (χ4n) is 9.38. The van der Waals surface area contributed by atoms with E-state index in [1.807, 2.05) is 18.2 Å². The summed E-state index contributed by atoms with van der Waals surface area (Å²) in [5, 5.41) is 10.6. The molecule has 550 valence electrons. The number of carbonyl (C=O) groups is 4. The van der Waals surface area contributed by atoms with Crippen LogP contribution >= 0.6 is 15.6 Å². The number of aliphatic hydroxyl groups is 1. The molecule has 0 saturated carbocycles. The zero-order chi connectivity index (χ0) is 70.4. The summed E-state index contributed by atoms with van der Waals surface area (Å²) < 4.78 is 68.2. The second kappa shape index (κ2) is 69.0. The molecule has 3 N–H and O–H groups in total. The van der Waals surface area contributed by atoms with E-state index in [4.69, 9.17) is 37.0 Å². The Morgan fingerprint density at radius 1 is 0.312 bits per heavy atom. The van der Waals surface area contributed by atoms with Crippen molar-refractivity contribution in [1.82, 2.24) is 0 Å². The van der Waals surface area contributed by atoms with Gasteiger partial charge >= 0.3 is 39.5 Å². The second-order valence-corrected chi connectivity index (χ2v) is 27.0. The van der Waals surface area contributed by atoms with Crippen molar-refractivity contribution in [1.29, 1.82) is 0 Å². The van der Waals surface area contributed by atoms with Gasteiger partial charge in [-0.1, -0.05) is 271 Å². The van der Waals surface area contributed by atoms with Crippen molar-refractivity contribution in [3.05, 3.63) is 122 Å². The number of hydrogen-bond acceptors (Lipinski definition) is 15. The van der Waals surface area contributed by atoms with Crippen LogP contribution in [0.25, 0.3) is 0 Å². The third-order valence-electron chi connectivity index (χ3n) is 15.0. The minimum atomic E-state index is -4.99. The minimum Gasteiger partial charge on any atom is -0.462 e. The van der Waals surface area contributed by atoms with Crippen molar-refractivity contribution in [2.75, 3.05) is 39.6 Å². The quantitative estimate of drug-likeness (QED) is 0.0169. The summed E-state index contributed by atoms with van der Waals surface area (Å²) in [6.07, 6.45) is 73.8. The second-order valence-electron chi connectivity index (χ2n) is 24.1. The first-order valence-corrected chi connectivity index (χ1v) is 39.8. The van der Waals surface area contributed by atoms with E-state index < -0.39 is 97.5 Å². The van der Waals surface area contributed by atoms with Gasteiger partial charge in [0.15, 0.2) is 12.2 Å². The van der Waals surface area contributed by atoms with Crippen LogP contribution in [0.3, 0.4) is 0 Å². The molecule has 0 bridgehead atoms. The third kappa shape index (κ3) is 68.0. The Labute approximate surface area is 581 Å². The lowest BCUT2D eigenvalue weighted by Gasteiger charge is -2.21. The third-order valence-corrected chi connectivity index (χ3v) is 16.9. The SMILES string of the molecule is CC/C=C\C/C=C\C/C=C\C/C=C\C/C=C\CC(=O)OCC(COP(=O)(O)OCC(O)COP(=O)(O)OCC(COC(=O)CCCC/C=C\C/C=C\C/C=C\C/C=C\CC)OC(=O)CCCCCCCCCCCCCCCCC)OC(=O)CCCCCCC/C=C\CCCC. The Kier molecular flexibility index (Phi) is 65.7. The van der Waals surface area contributed by atoms with Crippen LogP contribution in [-0.2, 0) is 65.4 Å². The topological polar surface area (TPSA) is 237 Å². The largest absolute Gasteiger partial charge is 0.472 e. The molecule has 0 aliphatic rings. The van der Waals surface area contributed by atoms with Crippen molar-refractivity contribution in [3.63, 3.8) is 0 Å². The highest BCUT2D eigenvalue weighted by molar-refractivity contribution is 7.47. The van der Waals surface area contributed by atoms with Crippen molar-refractivity contribution in [2.45, 2.75) is 303 Å². The number of phosphoric ester groups is 2. The number of rotatable bonds is 68. The Morgan fingerprint density at radius 3 is 0.990 bits per heavy atom. The summed E-state index contributed by atoms with van der Waals surface area (Å²) in [7, 11) is -9.98. The van der Waals surface area contributed by atoms with E-state index in [1.165, 1.54) is 77.0 Å². The van der Waals surface area contributed by atoms with Crippen molar-refractivity contribution >= 4 is 39.5 Å². The molecule has 96 heavy (non-hydrogen) atoms. The first-order valence-electron chi connectivity index (χ1n) is 36.8. The molecule has 5 unspecified atom stereocenters. The Balaban J connectivity index is 5.42. The summed E-state index contributed by atoms with van der Waals surface area (Å²) >= 11 is 0. The molecule has 0 radical (unpaired) electrons. The summed E-state index contributed by atoms with van der Waals surface area (Å²) in [6, 6.07) is 0. The maximum Gasteiger partial charge on any atom is 0.472 e. The normalized spacial score (nSPS) is 14.7. The molecule has 0 amide bonds. The van der Waals surface area contributed by atoms with Gasteiger partial charge in [0, 0.05) is 19.3 Å². The molecule has 0 aliphatic heterocycles. The molecular formula is C77H130O17P2. The van der Waals surface area contributed by atoms with Crippen molar-refractivity contribution in [2.24, 2.45) is 0 Å². The molecule has 0 rings (SSSR count). The van der Waals surface area contributed by atoms with Gasteiger partial charge in [0.2, 0.25) is 0 Å². The zero-order valence-electron chi connectivity index (χ0n) is 59.8. The fourth-order valence-corrected chi connectivity index (χ4v) is 11.0. The molecule has 0 fully saturated rings. The van der Waals surface area contributed by atoms with Gasteiger partial charge in [-0.15, -0.1) is 0 Å². The van der Waals surface area contributed by atoms with E-state index in [0.29, 0.717) is 25.7 Å². The van der Waals surface area contributed by atoms with Gasteiger partial charge in [0.1, 0.15) is 19.3 Å². The number of unbranched alkanes of at least 4 members (excludes halogenated alkanes) is 23. The van der Waals surface area contributed by atoms with Gasteiger partial charge in [-0.3, -0.25) is 37.3 Å². The van der Waals surface area contributed by atoms with E-state index in [2.05, 4.69) is 125 Å². The van der Waals surface area contributed by atoms with Crippen LogP contribution < -0.4 is 0 Å². The molecule has 17 nitrogen and oxygen atoms in total. The van der Waals surface area contributed by atoms with Gasteiger partial charge in [0.05, 0.1) is 32.8 Å². The molecule has 0 saturated heterocycles. The highest BCUT2D eigenvalue weighted by Gasteiger charge is 2.30. The van der Waals surface area contributed by atoms with Crippen LogP contribution in [0, 0.1) is 0 Å². The lowest BCUT2D eigenvalue weighted by molar-refractivity contribution is -0.161. The smallest absolute Gasteiger partial charge is 0.462 e. The lowest BCUT2D eigenvalue weighted by atomic mass is 10.0. The van der Waals surface area contributed by atoms with E-state index in [-0.39, 0.29) is 25.7 Å². The number of hydrogen-bond donors (Lipinski definition) is 3. The molecule has 19 heteroatoms. The van der Waals surface area contributed by atoms with Crippen LogP contribution in [0.2, 0.25) is 0 Å². The number of ether oxygens (including phenoxy) is 4. The van der Waals surface area contributed by atoms with Gasteiger partial charge < -0.3 is 33.8 Å². The lowest BCUT2D eigenvalue weighted by Crippen LogP contribution is -2.30. The summed E-state index contributed by atoms with van der Waals surface area (Å²) in [5.41, 5.74) is 0. The van der Waals surface area contributed by atoms with Crippen molar-refractivity contribution < 1.29 is 80.2 Å². The fraction of sp³-hybridized carbons (Fsp3) is 0.688. The maximum atomic E-state index is 13.1. The number of carbonyl (C=O) groups excluding carboxylic acids is 4. The van der Waals surface area contributed by atoms with E-state index >= 15 is 0 Å². The van der Waals surface area contributed by atoms with Gasteiger partial charge in [0.25, 0.3) is 0 Å². The van der Waals surface area contributed by atoms with Crippen LogP contribution in [0.15, 0.2) is 122 Å². The molecule has 0 aliphatic carbocycles. The maximum absolute atomic E-state index is 13.1. The minimum absolute atomic E-state index is 0.0623. The van der Waals surface area contributed by atoms with Gasteiger partial charge in [-0.2, -0.15) is 0 Å². The van der Waals surface area contributed by atoms with E-state index in [0.717, 1.165) is 128 Å². The van der Waals surface area contributed by atoms with E-state index in [9.17, 15) is 43.2 Å². The Hall–Kier alpha value is -4.54. The number of esters is 4. The highest BCUT2D eigenvalue weighted by atomic mass is 31.2. The zero-order valence-corrected chi connectivity index (χ0v) is 61.5. The summed E-state index contributed by atoms with van der Waals surface area (Å²) in [5.74, 6) is -2.38. The first-order chi connectivity index (χ1) is 46.7. The predicted octanol–water partition coefficient (Wildman–Crippen LogP) is 20.8. The molecule has 0 aromatic rings. The average Bonchev–Trinajstić information content (AvgIpc) is 1.11. The van der Waals surface area contributed by atoms with Crippen LogP contribution in [0.5, 0.6) is 0 Å². The Morgan fingerprint density at radius 2 is 0.594 bits per heavy atom. The van der Waals surface area contributed by atoms with Crippen molar-refractivity contribution in [3.8, 4) is 0 Å². The molecule has 0 aromatic heterocycles. The molecule has 0 aromatic carbocycles. The number of aliphatic hydroxyl groups excluding tert-OH is 1. The monoisotopic (exact) mass is 1390 g/mol. The first kappa shape index (κ1) is 91.5. The molecular weight excluding hydrogens is 1260 g/mol. The van der Waals surface area contributed by atoms with E-state index in [1.54, 1.807) is 6.08 Å². The van der Waals surface area contributed by atoms with Crippen LogP contribution in [-0.4, -0.2) is 96.7 Å². The van der Waals surface area contributed by atoms with Crippen LogP contribution in [0.4, 0.5) is 0 Å². The summed E-state index contributed by atoms with van der Waals surface area (Å²) in [6.45, 7) is 4.43. The highest BCUT2D eigenvalue weighted by Crippen LogP contribution is 2.45. The molecule has 0 heterocycles. The van der Waals surface area contributed by atoms with Gasteiger partial charge in [-0.05, 0) is 109 Å². The predicted molar refractivity (Wildman–Crippen MR) is 390 cm³/mol. The molecule has 5 atom stereocenters. The summed E-state index contributed by atoms with van der Waals surface area (Å²) in [4.78, 5) is 72.6. The van der Waals surface area contributed by atoms with Gasteiger partial charge in [-0.25, -0.2) is 9.13 Å². The average molecular weight is 1390 g/mol. The Bertz CT molecular complexity index is 2300.